The average Bonchev–Trinajstić information content (AvgIpc) is 2.59. The molecule has 0 saturated heterocycles. The van der Waals surface area contributed by atoms with Gasteiger partial charge in [0.25, 0.3) is 0 Å². The van der Waals surface area contributed by atoms with E-state index in [1.165, 1.54) is 38.5 Å². The number of aliphatic imine (C=N–C) groups is 1. The van der Waals surface area contributed by atoms with Crippen LogP contribution in [0, 0.1) is 29.6 Å². The second kappa shape index (κ2) is 7.86. The molecule has 3 nitrogen and oxygen atoms in total. The summed E-state index contributed by atoms with van der Waals surface area (Å²) >= 11 is 0. The summed E-state index contributed by atoms with van der Waals surface area (Å²) < 4.78 is 0. The highest BCUT2D eigenvalue weighted by Crippen LogP contribution is 2.42. The van der Waals surface area contributed by atoms with Crippen LogP contribution >= 0.6 is 0 Å². The van der Waals surface area contributed by atoms with Crippen molar-refractivity contribution in [2.24, 2.45) is 40.3 Å². The van der Waals surface area contributed by atoms with Gasteiger partial charge in [-0.05, 0) is 68.1 Å². The van der Waals surface area contributed by atoms with E-state index in [-0.39, 0.29) is 6.10 Å². The Morgan fingerprint density at radius 1 is 1.00 bits per heavy atom. The van der Waals surface area contributed by atoms with Gasteiger partial charge in [0.05, 0.1) is 12.1 Å². The summed E-state index contributed by atoms with van der Waals surface area (Å²) in [6, 6.07) is 0.794. The van der Waals surface area contributed by atoms with Crippen molar-refractivity contribution in [2.75, 3.05) is 0 Å². The van der Waals surface area contributed by atoms with Gasteiger partial charge in [0.15, 0.2) is 0 Å². The molecule has 7 atom stereocenters. The molecule has 0 aromatic carbocycles. The van der Waals surface area contributed by atoms with Crippen LogP contribution in [-0.4, -0.2) is 29.0 Å². The fraction of sp³-hybridized carbons (Fsp3) is 0.952. The molecule has 0 bridgehead atoms. The van der Waals surface area contributed by atoms with Crippen LogP contribution in [0.25, 0.3) is 0 Å². The van der Waals surface area contributed by atoms with Gasteiger partial charge in [0.1, 0.15) is 0 Å². The Labute approximate surface area is 148 Å². The molecule has 3 rings (SSSR count). The summed E-state index contributed by atoms with van der Waals surface area (Å²) in [7, 11) is 0. The van der Waals surface area contributed by atoms with Gasteiger partial charge in [-0.25, -0.2) is 0 Å². The lowest BCUT2D eigenvalue weighted by molar-refractivity contribution is 0.0857. The van der Waals surface area contributed by atoms with Gasteiger partial charge in [-0.2, -0.15) is 0 Å². The number of nitrogens with zero attached hydrogens (tertiary/aromatic N) is 1. The molecule has 24 heavy (non-hydrogen) atoms. The Balaban J connectivity index is 1.68. The van der Waals surface area contributed by atoms with Crippen LogP contribution in [0.3, 0.4) is 0 Å². The SMILES string of the molecule is CC1CC(N)C(C)C(C)C1CC1CCC(O)C(C2CCCCC2)=N1. The zero-order valence-corrected chi connectivity index (χ0v) is 16.0. The highest BCUT2D eigenvalue weighted by molar-refractivity contribution is 5.91. The number of aliphatic hydroxyl groups is 1. The minimum absolute atomic E-state index is 0.266. The normalized spacial score (nSPS) is 45.0. The van der Waals surface area contributed by atoms with Crippen LogP contribution in [0.5, 0.6) is 0 Å². The van der Waals surface area contributed by atoms with Crippen LogP contribution in [0.4, 0.5) is 0 Å². The predicted molar refractivity (Wildman–Crippen MR) is 101 cm³/mol. The fourth-order valence-corrected chi connectivity index (χ4v) is 5.68. The molecular weight excluding hydrogens is 296 g/mol. The molecule has 3 N–H and O–H groups in total. The van der Waals surface area contributed by atoms with Crippen molar-refractivity contribution >= 4 is 5.71 Å². The number of nitrogens with two attached hydrogens (primary N) is 1. The van der Waals surface area contributed by atoms with E-state index in [4.69, 9.17) is 10.7 Å². The van der Waals surface area contributed by atoms with E-state index in [0.717, 1.165) is 30.9 Å². The summed E-state index contributed by atoms with van der Waals surface area (Å²) in [5.74, 6) is 3.29. The van der Waals surface area contributed by atoms with E-state index in [0.29, 0.717) is 35.8 Å². The highest BCUT2D eigenvalue weighted by Gasteiger charge is 2.39. The van der Waals surface area contributed by atoms with Crippen LogP contribution < -0.4 is 5.73 Å². The van der Waals surface area contributed by atoms with Gasteiger partial charge < -0.3 is 10.8 Å². The molecule has 1 aliphatic heterocycles. The second-order valence-electron chi connectivity index (χ2n) is 9.13. The van der Waals surface area contributed by atoms with E-state index in [1.807, 2.05) is 0 Å². The maximum absolute atomic E-state index is 10.5. The quantitative estimate of drug-likeness (QED) is 0.813. The summed E-state index contributed by atoms with van der Waals surface area (Å²) in [6.07, 6.45) is 10.5. The van der Waals surface area contributed by atoms with Gasteiger partial charge in [-0.1, -0.05) is 40.0 Å². The fourth-order valence-electron chi connectivity index (χ4n) is 5.68. The van der Waals surface area contributed by atoms with E-state index in [9.17, 15) is 5.11 Å². The molecule has 3 heteroatoms. The van der Waals surface area contributed by atoms with Crippen molar-refractivity contribution in [3.63, 3.8) is 0 Å². The molecule has 1 heterocycles. The van der Waals surface area contributed by atoms with Gasteiger partial charge in [-0.3, -0.25) is 4.99 Å². The van der Waals surface area contributed by atoms with E-state index in [1.54, 1.807) is 0 Å². The van der Waals surface area contributed by atoms with Crippen molar-refractivity contribution < 1.29 is 5.11 Å². The molecular formula is C21H38N2O. The number of hydrogen-bond acceptors (Lipinski definition) is 3. The lowest BCUT2D eigenvalue weighted by atomic mass is 9.64. The zero-order chi connectivity index (χ0) is 17.3. The molecule has 0 amide bonds. The van der Waals surface area contributed by atoms with Gasteiger partial charge in [-0.15, -0.1) is 0 Å². The third kappa shape index (κ3) is 3.88. The lowest BCUT2D eigenvalue weighted by Gasteiger charge is -2.44. The Kier molecular flexibility index (Phi) is 6.02. The summed E-state index contributed by atoms with van der Waals surface area (Å²) in [5.41, 5.74) is 7.49. The molecule has 0 radical (unpaired) electrons. The van der Waals surface area contributed by atoms with Gasteiger partial charge in [0.2, 0.25) is 0 Å². The molecule has 2 saturated carbocycles. The molecule has 2 aliphatic carbocycles. The van der Waals surface area contributed by atoms with Crippen molar-refractivity contribution in [1.29, 1.82) is 0 Å². The molecule has 7 unspecified atom stereocenters. The third-order valence-electron chi connectivity index (χ3n) is 7.57. The van der Waals surface area contributed by atoms with E-state index in [2.05, 4.69) is 20.8 Å². The van der Waals surface area contributed by atoms with Crippen molar-refractivity contribution in [3.8, 4) is 0 Å². The molecule has 0 spiro atoms. The maximum atomic E-state index is 10.5. The number of hydrogen-bond donors (Lipinski definition) is 2. The lowest BCUT2D eigenvalue weighted by Crippen LogP contribution is -2.45. The Morgan fingerprint density at radius 3 is 2.42 bits per heavy atom. The number of rotatable bonds is 3. The molecule has 138 valence electrons. The van der Waals surface area contributed by atoms with Crippen molar-refractivity contribution in [2.45, 2.75) is 96.7 Å². The maximum Gasteiger partial charge on any atom is 0.0920 e. The van der Waals surface area contributed by atoms with Crippen LogP contribution in [-0.2, 0) is 0 Å². The second-order valence-corrected chi connectivity index (χ2v) is 9.13. The third-order valence-corrected chi connectivity index (χ3v) is 7.57. The first-order valence-electron chi connectivity index (χ1n) is 10.5. The van der Waals surface area contributed by atoms with Gasteiger partial charge in [0, 0.05) is 11.8 Å². The monoisotopic (exact) mass is 334 g/mol. The van der Waals surface area contributed by atoms with E-state index < -0.39 is 0 Å². The standard InChI is InChI=1S/C21H38N2O/c1-13-11-19(22)15(3)14(2)18(13)12-17-9-10-20(24)21(23-17)16-7-5-4-6-8-16/h13-20,24H,4-12,22H2,1-3H3. The van der Waals surface area contributed by atoms with E-state index >= 15 is 0 Å². The zero-order valence-electron chi connectivity index (χ0n) is 16.0. The average molecular weight is 335 g/mol. The first-order chi connectivity index (χ1) is 11.5. The van der Waals surface area contributed by atoms with Crippen LogP contribution in [0.2, 0.25) is 0 Å². The van der Waals surface area contributed by atoms with Crippen LogP contribution in [0.1, 0.15) is 78.6 Å². The Morgan fingerprint density at radius 2 is 1.71 bits per heavy atom. The summed E-state index contributed by atoms with van der Waals surface area (Å²) in [5, 5.41) is 10.5. The smallest absolute Gasteiger partial charge is 0.0920 e. The predicted octanol–water partition coefficient (Wildman–Crippen LogP) is 4.18. The molecule has 0 aromatic heterocycles. The first-order valence-corrected chi connectivity index (χ1v) is 10.5. The largest absolute Gasteiger partial charge is 0.387 e. The molecule has 2 fully saturated rings. The highest BCUT2D eigenvalue weighted by atomic mass is 16.3. The van der Waals surface area contributed by atoms with Crippen LogP contribution in [0.15, 0.2) is 4.99 Å². The Bertz CT molecular complexity index is 443. The summed E-state index contributed by atoms with van der Waals surface area (Å²) in [6.45, 7) is 7.11. The van der Waals surface area contributed by atoms with Crippen molar-refractivity contribution in [3.05, 3.63) is 0 Å². The van der Waals surface area contributed by atoms with Gasteiger partial charge >= 0.3 is 0 Å². The minimum Gasteiger partial charge on any atom is -0.387 e. The Hall–Kier alpha value is -0.410. The van der Waals surface area contributed by atoms with Crippen molar-refractivity contribution in [1.82, 2.24) is 0 Å². The molecule has 0 aromatic rings. The molecule has 3 aliphatic rings. The topological polar surface area (TPSA) is 58.6 Å². The summed E-state index contributed by atoms with van der Waals surface area (Å²) in [4.78, 5) is 5.13. The first kappa shape index (κ1) is 18.4. The minimum atomic E-state index is -0.266. The number of aliphatic hydroxyl groups excluding tert-OH is 1.